The summed E-state index contributed by atoms with van der Waals surface area (Å²) in [6, 6.07) is 11.7. The van der Waals surface area contributed by atoms with Crippen LogP contribution in [0.1, 0.15) is 22.8 Å². The molecule has 0 saturated heterocycles. The summed E-state index contributed by atoms with van der Waals surface area (Å²) in [5.74, 6) is -1.18. The average Bonchev–Trinajstić information content (AvgIpc) is 2.42. The van der Waals surface area contributed by atoms with Crippen LogP contribution in [0.5, 0.6) is 11.5 Å². The first-order chi connectivity index (χ1) is 9.11. The number of rotatable bonds is 3. The van der Waals surface area contributed by atoms with Crippen molar-refractivity contribution in [1.29, 1.82) is 0 Å². The Kier molecular flexibility index (Phi) is 3.71. The second kappa shape index (κ2) is 5.44. The maximum atomic E-state index is 12.0. The Bertz CT molecular complexity index is 591. The van der Waals surface area contributed by atoms with Crippen LogP contribution in [0.25, 0.3) is 0 Å². The first-order valence-corrected chi connectivity index (χ1v) is 6.03. The molecule has 0 spiro atoms. The van der Waals surface area contributed by atoms with Crippen molar-refractivity contribution in [3.63, 3.8) is 0 Å². The molecule has 4 nitrogen and oxygen atoms in total. The van der Waals surface area contributed by atoms with Gasteiger partial charge >= 0.3 is 0 Å². The molecule has 19 heavy (non-hydrogen) atoms. The Balaban J connectivity index is 2.18. The van der Waals surface area contributed by atoms with E-state index in [1.165, 1.54) is 23.8 Å². The molecule has 0 fully saturated rings. The quantitative estimate of drug-likeness (QED) is 0.740. The molecular weight excluding hydrogens is 242 g/mol. The zero-order valence-electron chi connectivity index (χ0n) is 10.6. The van der Waals surface area contributed by atoms with Gasteiger partial charge in [0.1, 0.15) is 0 Å². The highest BCUT2D eigenvalue weighted by Crippen LogP contribution is 2.28. The lowest BCUT2D eigenvalue weighted by Crippen LogP contribution is -2.12. The Morgan fingerprint density at radius 3 is 2.42 bits per heavy atom. The van der Waals surface area contributed by atoms with Crippen molar-refractivity contribution in [1.82, 2.24) is 0 Å². The molecule has 1 amide bonds. The van der Waals surface area contributed by atoms with Crippen molar-refractivity contribution < 1.29 is 15.0 Å². The molecule has 0 bridgehead atoms. The van der Waals surface area contributed by atoms with Crippen molar-refractivity contribution in [3.05, 3.63) is 53.6 Å². The van der Waals surface area contributed by atoms with Crippen molar-refractivity contribution >= 4 is 11.6 Å². The van der Waals surface area contributed by atoms with Crippen LogP contribution in [0.4, 0.5) is 5.69 Å². The Morgan fingerprint density at radius 2 is 1.79 bits per heavy atom. The van der Waals surface area contributed by atoms with E-state index in [9.17, 15) is 15.0 Å². The zero-order chi connectivity index (χ0) is 13.8. The molecule has 0 aromatic heterocycles. The summed E-state index contributed by atoms with van der Waals surface area (Å²) in [5.41, 5.74) is 1.86. The molecular formula is C15H15NO3. The molecule has 0 aliphatic carbocycles. The number of carbonyl (C=O) groups excluding carboxylic acids is 1. The molecule has 0 radical (unpaired) electrons. The molecule has 2 aromatic carbocycles. The van der Waals surface area contributed by atoms with Crippen molar-refractivity contribution in [2.24, 2.45) is 0 Å². The fourth-order valence-electron chi connectivity index (χ4n) is 1.74. The maximum Gasteiger partial charge on any atom is 0.259 e. The third kappa shape index (κ3) is 2.85. The Labute approximate surface area is 111 Å². The van der Waals surface area contributed by atoms with E-state index < -0.39 is 11.7 Å². The molecule has 3 N–H and O–H groups in total. The summed E-state index contributed by atoms with van der Waals surface area (Å²) in [6.07, 6.45) is 0.932. The molecule has 0 aliphatic rings. The lowest BCUT2D eigenvalue weighted by Gasteiger charge is -2.08. The van der Waals surface area contributed by atoms with E-state index in [1.807, 2.05) is 12.1 Å². The first-order valence-electron chi connectivity index (χ1n) is 6.03. The largest absolute Gasteiger partial charge is 0.504 e. The Morgan fingerprint density at radius 1 is 1.11 bits per heavy atom. The minimum Gasteiger partial charge on any atom is -0.504 e. The van der Waals surface area contributed by atoms with Gasteiger partial charge in [0, 0.05) is 5.69 Å². The number of para-hydroxylation sites is 1. The van der Waals surface area contributed by atoms with Crippen LogP contribution in [0.3, 0.4) is 0 Å². The van der Waals surface area contributed by atoms with Gasteiger partial charge in [0.05, 0.1) is 5.56 Å². The lowest BCUT2D eigenvalue weighted by molar-refractivity contribution is 0.102. The van der Waals surface area contributed by atoms with Crippen molar-refractivity contribution in [2.75, 3.05) is 5.32 Å². The maximum absolute atomic E-state index is 12.0. The molecule has 0 unspecified atom stereocenters. The van der Waals surface area contributed by atoms with Crippen molar-refractivity contribution in [2.45, 2.75) is 13.3 Å². The van der Waals surface area contributed by atoms with Gasteiger partial charge in [-0.05, 0) is 36.2 Å². The van der Waals surface area contributed by atoms with E-state index >= 15 is 0 Å². The van der Waals surface area contributed by atoms with Crippen LogP contribution in [0.15, 0.2) is 42.5 Å². The second-order valence-electron chi connectivity index (χ2n) is 4.18. The van der Waals surface area contributed by atoms with Crippen LogP contribution in [0.2, 0.25) is 0 Å². The molecule has 2 aromatic rings. The minimum atomic E-state index is -0.461. The number of anilines is 1. The van der Waals surface area contributed by atoms with E-state index in [0.29, 0.717) is 5.69 Å². The standard InChI is InChI=1S/C15H15NO3/c1-2-10-6-8-11(9-7-10)16-15(19)12-4-3-5-13(17)14(12)18/h3-9,17-18H,2H2,1H3,(H,16,19). The van der Waals surface area contributed by atoms with E-state index in [2.05, 4.69) is 12.2 Å². The van der Waals surface area contributed by atoms with Crippen molar-refractivity contribution in [3.8, 4) is 11.5 Å². The van der Waals surface area contributed by atoms with E-state index in [-0.39, 0.29) is 11.3 Å². The molecule has 0 heterocycles. The number of aromatic hydroxyl groups is 2. The SMILES string of the molecule is CCc1ccc(NC(=O)c2cccc(O)c2O)cc1. The second-order valence-corrected chi connectivity index (χ2v) is 4.18. The highest BCUT2D eigenvalue weighted by molar-refractivity contribution is 6.06. The molecule has 0 aliphatic heterocycles. The number of phenolic OH excluding ortho intramolecular Hbond substituents is 2. The van der Waals surface area contributed by atoms with Gasteiger partial charge in [0.15, 0.2) is 11.5 Å². The summed E-state index contributed by atoms with van der Waals surface area (Å²) in [6.45, 7) is 2.05. The van der Waals surface area contributed by atoms with E-state index in [0.717, 1.165) is 6.42 Å². The number of carbonyl (C=O) groups is 1. The van der Waals surface area contributed by atoms with Crippen LogP contribution in [0, 0.1) is 0 Å². The predicted octanol–water partition coefficient (Wildman–Crippen LogP) is 2.91. The van der Waals surface area contributed by atoms with Gasteiger partial charge in [-0.15, -0.1) is 0 Å². The molecule has 0 atom stereocenters. The topological polar surface area (TPSA) is 69.6 Å². The summed E-state index contributed by atoms with van der Waals surface area (Å²) >= 11 is 0. The Hall–Kier alpha value is -2.49. The third-order valence-corrected chi connectivity index (χ3v) is 2.88. The fraction of sp³-hybridized carbons (Fsp3) is 0.133. The molecule has 4 heteroatoms. The van der Waals surface area contributed by atoms with E-state index in [4.69, 9.17) is 0 Å². The first kappa shape index (κ1) is 13.0. The highest BCUT2D eigenvalue weighted by Gasteiger charge is 2.13. The van der Waals surface area contributed by atoms with Crippen LogP contribution >= 0.6 is 0 Å². The number of hydrogen-bond donors (Lipinski definition) is 3. The summed E-state index contributed by atoms with van der Waals surface area (Å²) < 4.78 is 0. The van der Waals surface area contributed by atoms with Gasteiger partial charge < -0.3 is 15.5 Å². The molecule has 98 valence electrons. The van der Waals surface area contributed by atoms with Crippen LogP contribution < -0.4 is 5.32 Å². The number of phenols is 2. The third-order valence-electron chi connectivity index (χ3n) is 2.88. The predicted molar refractivity (Wildman–Crippen MR) is 73.5 cm³/mol. The molecule has 2 rings (SSSR count). The highest BCUT2D eigenvalue weighted by atomic mass is 16.3. The van der Waals surface area contributed by atoms with Gasteiger partial charge in [-0.2, -0.15) is 0 Å². The van der Waals surface area contributed by atoms with Gasteiger partial charge in [0.2, 0.25) is 0 Å². The van der Waals surface area contributed by atoms with Crippen LogP contribution in [-0.4, -0.2) is 16.1 Å². The average molecular weight is 257 g/mol. The number of nitrogens with one attached hydrogen (secondary N) is 1. The van der Waals surface area contributed by atoms with Gasteiger partial charge in [-0.1, -0.05) is 25.1 Å². The van der Waals surface area contributed by atoms with Gasteiger partial charge in [-0.25, -0.2) is 0 Å². The van der Waals surface area contributed by atoms with Gasteiger partial charge in [-0.3, -0.25) is 4.79 Å². The minimum absolute atomic E-state index is 0.0413. The van der Waals surface area contributed by atoms with Gasteiger partial charge in [0.25, 0.3) is 5.91 Å². The zero-order valence-corrected chi connectivity index (χ0v) is 10.6. The number of benzene rings is 2. The summed E-state index contributed by atoms with van der Waals surface area (Å²) in [5, 5.41) is 21.6. The van der Waals surface area contributed by atoms with E-state index in [1.54, 1.807) is 12.1 Å². The smallest absolute Gasteiger partial charge is 0.259 e. The number of aryl methyl sites for hydroxylation is 1. The summed E-state index contributed by atoms with van der Waals surface area (Å²) in [4.78, 5) is 12.0. The monoisotopic (exact) mass is 257 g/mol. The van der Waals surface area contributed by atoms with Crippen LogP contribution in [-0.2, 0) is 6.42 Å². The number of hydrogen-bond acceptors (Lipinski definition) is 3. The lowest BCUT2D eigenvalue weighted by atomic mass is 10.1. The summed E-state index contributed by atoms with van der Waals surface area (Å²) in [7, 11) is 0. The fourth-order valence-corrected chi connectivity index (χ4v) is 1.74. The molecule has 0 saturated carbocycles. The number of amides is 1. The normalized spacial score (nSPS) is 10.2.